The average molecular weight is 1380 g/mol. The fourth-order valence-electron chi connectivity index (χ4n) is 6.00. The fraction of sp³-hybridized carbons (Fsp3) is 0.189. The number of nitrogens with zero attached hydrogens (tertiary/aromatic N) is 1. The monoisotopic (exact) mass is 1380 g/mol. The summed E-state index contributed by atoms with van der Waals surface area (Å²) in [5.74, 6) is -54.4. The molecule has 0 spiro atoms. The molecule has 0 bridgehead atoms. The third-order valence-electron chi connectivity index (χ3n) is 9.61. The number of benzene rings is 6. The Morgan fingerprint density at radius 3 is 0.466 bits per heavy atom. The number of hydrogen-bond donors (Lipinski definition) is 0. The van der Waals surface area contributed by atoms with Gasteiger partial charge in [-0.25, -0.2) is 79.0 Å². The van der Waals surface area contributed by atoms with Gasteiger partial charge in [0.25, 0.3) is 0 Å². The topological polar surface area (TPSA) is 14.1 Å². The molecule has 0 atom stereocenters. The SMILES string of the molecule is C[C]1[C](C)[C](C)[C]([Si](C)(C)[N-]C(C)(C)C)[C]1C.Fc1[c-]c(F)c(F)c(F)c1F.Fc1[c-]c(F)c(F)c(F)c1F.Fc1[c-]c(F)c(F)c(F)c1F.Fc1[c-]c(F)c(F)c(F)c1F.Fc1[c-]c(F)c(F)c(F)c1F.Fc1[c-]c(F)c(F)c(F)c1F.[Al+3].[Al+3].[CH3-].[CH3-].[Ti+4]. The molecule has 1 nitrogen and oxygen atoms in total. The molecule has 6 aromatic rings. The average Bonchev–Trinajstić information content (AvgIpc) is 3.60. The van der Waals surface area contributed by atoms with Crippen LogP contribution in [0.15, 0.2) is 0 Å². The maximum Gasteiger partial charge on any atom is 4.00 e. The van der Waals surface area contributed by atoms with Gasteiger partial charge in [0.05, 0.1) is 175 Å². The van der Waals surface area contributed by atoms with E-state index >= 15 is 0 Å². The van der Waals surface area contributed by atoms with Crippen LogP contribution < -0.4 is 0 Å². The molecule has 0 aliphatic heterocycles. The quantitative estimate of drug-likeness (QED) is 0.0539. The zero-order valence-corrected chi connectivity index (χ0v) is 50.8. The summed E-state index contributed by atoms with van der Waals surface area (Å²) in [4.78, 5) is 5.13. The first-order valence-corrected chi connectivity index (χ1v) is 24.1. The molecule has 1 fully saturated rings. The molecule has 0 heterocycles. The van der Waals surface area contributed by atoms with Gasteiger partial charge in [0, 0.05) is 0 Å². The van der Waals surface area contributed by atoms with Crippen molar-refractivity contribution in [2.75, 3.05) is 0 Å². The van der Waals surface area contributed by atoms with Crippen LogP contribution in [0, 0.1) is 255 Å². The van der Waals surface area contributed by atoms with Gasteiger partial charge in [-0.1, -0.05) is 69.8 Å². The van der Waals surface area contributed by atoms with Gasteiger partial charge in [-0.3, -0.25) is 52.7 Å². The summed E-state index contributed by atoms with van der Waals surface area (Å²) in [6.07, 6.45) is 0. The van der Waals surface area contributed by atoms with Crippen molar-refractivity contribution in [1.29, 1.82) is 0 Å². The van der Waals surface area contributed by atoms with Crippen molar-refractivity contribution < 1.29 is 153 Å². The van der Waals surface area contributed by atoms with Gasteiger partial charge in [-0.05, 0) is 29.2 Å². The van der Waals surface area contributed by atoms with Gasteiger partial charge in [0.2, 0.25) is 0 Å². The van der Waals surface area contributed by atoms with Gasteiger partial charge in [-0.15, -0.1) is 41.9 Å². The Bertz CT molecular complexity index is 2610. The van der Waals surface area contributed by atoms with E-state index in [2.05, 4.69) is 61.6 Å². The third-order valence-corrected chi connectivity index (χ3v) is 12.8. The Balaban J connectivity index is -0.000000303. The van der Waals surface area contributed by atoms with Gasteiger partial charge >= 0.3 is 56.4 Å². The molecule has 473 valence electrons. The van der Waals surface area contributed by atoms with Crippen LogP contribution >= 0.6 is 0 Å². The van der Waals surface area contributed by atoms with Crippen LogP contribution in [0.4, 0.5) is 132 Å². The molecule has 88 heavy (non-hydrogen) atoms. The molecule has 0 N–H and O–H groups in total. The normalized spacial score (nSPS) is 12.3. The van der Waals surface area contributed by atoms with Crippen molar-refractivity contribution >= 4 is 43.0 Å². The van der Waals surface area contributed by atoms with Crippen molar-refractivity contribution in [3.63, 3.8) is 0 Å². The van der Waals surface area contributed by atoms with E-state index in [0.29, 0.717) is 0 Å². The molecule has 0 aromatic heterocycles. The van der Waals surface area contributed by atoms with E-state index < -0.39 is 183 Å². The fourth-order valence-corrected chi connectivity index (χ4v) is 10.0. The van der Waals surface area contributed by atoms with Gasteiger partial charge in [-0.2, -0.15) is 0 Å². The Labute approximate surface area is 521 Å². The van der Waals surface area contributed by atoms with Crippen LogP contribution in [0.3, 0.4) is 0 Å². The summed E-state index contributed by atoms with van der Waals surface area (Å²) in [6, 6.07) is 6.15. The second-order valence-electron chi connectivity index (χ2n) is 16.9. The zero-order chi connectivity index (χ0) is 65.2. The Morgan fingerprint density at radius 2 is 0.364 bits per heavy atom. The molecule has 5 radical (unpaired) electrons. The summed E-state index contributed by atoms with van der Waals surface area (Å²) < 4.78 is 359. The first kappa shape index (κ1) is 91.9. The summed E-state index contributed by atoms with van der Waals surface area (Å²) in [5.41, 5.74) is 1.62. The summed E-state index contributed by atoms with van der Waals surface area (Å²) in [5, 5.41) is 0. The molecule has 1 saturated carbocycles. The molecule has 0 amide bonds. The van der Waals surface area contributed by atoms with Gasteiger partial charge in [0.15, 0.2) is 0 Å². The molecule has 1 aliphatic carbocycles. The van der Waals surface area contributed by atoms with Crippen LogP contribution in [-0.2, 0) is 21.7 Å². The summed E-state index contributed by atoms with van der Waals surface area (Å²) in [7, 11) is -1.69. The molecule has 7 rings (SSSR count). The van der Waals surface area contributed by atoms with E-state index in [4.69, 9.17) is 4.98 Å². The summed E-state index contributed by atoms with van der Waals surface area (Å²) in [6.45, 7) is 20.3. The van der Waals surface area contributed by atoms with E-state index in [-0.39, 0.29) is 76.8 Å². The molecule has 1 aliphatic rings. The molecule has 0 unspecified atom stereocenters. The van der Waals surface area contributed by atoms with Crippen LogP contribution in [0.2, 0.25) is 13.1 Å². The van der Waals surface area contributed by atoms with Crippen molar-refractivity contribution in [3.8, 4) is 0 Å². The van der Waals surface area contributed by atoms with E-state index in [9.17, 15) is 132 Å². The Morgan fingerprint density at radius 1 is 0.250 bits per heavy atom. The van der Waals surface area contributed by atoms with Crippen molar-refractivity contribution in [1.82, 2.24) is 0 Å². The molecule has 35 heteroatoms. The minimum absolute atomic E-state index is 0. The van der Waals surface area contributed by atoms with Crippen LogP contribution in [0.5, 0.6) is 0 Å². The standard InChI is InChI=1S/C15H27NSi.6C6F5.2CH3.2Al.Ti/c1-10-11(2)13(4)14(12(10)3)17(8,9)16-15(5,6)7;6*7-2-1-3(8)5(10)6(11)4(2)9;;;;;/h1-9H3;;;;;;;2*1H3;;;/q9*-1;2*+3;+4. The maximum atomic E-state index is 12.0. The van der Waals surface area contributed by atoms with E-state index in [0.717, 1.165) is 36.4 Å². The maximum absolute atomic E-state index is 12.0. The zero-order valence-electron chi connectivity index (χ0n) is 45.9. The first-order valence-electron chi connectivity index (χ1n) is 21.1. The van der Waals surface area contributed by atoms with Gasteiger partial charge < -0.3 is 19.8 Å². The number of halogens is 30. The number of rotatable bonds is 2. The molecular formula is C53H33Al2F30NSiTi+. The van der Waals surface area contributed by atoms with Crippen LogP contribution in [0.25, 0.3) is 4.98 Å². The van der Waals surface area contributed by atoms with Crippen molar-refractivity contribution in [3.05, 3.63) is 260 Å². The molecular weight excluding hydrogens is 1350 g/mol. The minimum Gasteiger partial charge on any atom is -0.659 e. The predicted octanol–water partition coefficient (Wildman–Crippen LogP) is 18.1. The molecule has 6 aromatic carbocycles. The third kappa shape index (κ3) is 24.1. The van der Waals surface area contributed by atoms with E-state index in [1.54, 1.807) is 5.54 Å². The Kier molecular flexibility index (Phi) is 39.8. The minimum atomic E-state index is -2.17. The second kappa shape index (κ2) is 38.1. The second-order valence-corrected chi connectivity index (χ2v) is 20.7. The van der Waals surface area contributed by atoms with Crippen molar-refractivity contribution in [2.45, 2.75) is 67.1 Å². The number of hydrogen-bond acceptors (Lipinski definition) is 0. The van der Waals surface area contributed by atoms with Crippen molar-refractivity contribution in [2.24, 2.45) is 0 Å². The van der Waals surface area contributed by atoms with E-state index in [1.807, 2.05) is 0 Å². The molecule has 0 saturated heterocycles. The first-order chi connectivity index (χ1) is 37.7. The smallest absolute Gasteiger partial charge is 0.659 e. The summed E-state index contributed by atoms with van der Waals surface area (Å²) >= 11 is 0. The predicted molar refractivity (Wildman–Crippen MR) is 254 cm³/mol. The van der Waals surface area contributed by atoms with Crippen LogP contribution in [0.1, 0.15) is 48.5 Å². The van der Waals surface area contributed by atoms with E-state index in [1.165, 1.54) is 23.7 Å². The Hall–Kier alpha value is -4.82. The van der Waals surface area contributed by atoms with Crippen LogP contribution in [-0.4, -0.2) is 48.5 Å². The van der Waals surface area contributed by atoms with Gasteiger partial charge in [0.1, 0.15) is 0 Å². The largest absolute Gasteiger partial charge is 4.00 e.